The first-order valence-corrected chi connectivity index (χ1v) is 10.3. The number of hydrogen-bond donors (Lipinski definition) is 1. The van der Waals surface area contributed by atoms with Crippen molar-refractivity contribution in [3.8, 4) is 0 Å². The lowest BCUT2D eigenvalue weighted by atomic mass is 10.2. The number of hydrogen-bond acceptors (Lipinski definition) is 4. The second-order valence-electron chi connectivity index (χ2n) is 5.56. The lowest BCUT2D eigenvalue weighted by Gasteiger charge is -2.23. The summed E-state index contributed by atoms with van der Waals surface area (Å²) in [5.74, 6) is -0.319. The first-order valence-electron chi connectivity index (χ1n) is 7.99. The van der Waals surface area contributed by atoms with Crippen LogP contribution in [0.5, 0.6) is 0 Å². The molecule has 5 nitrogen and oxygen atoms in total. The van der Waals surface area contributed by atoms with Gasteiger partial charge < -0.3 is 4.90 Å². The number of carbonyl (C=O) groups excluding carboxylic acids is 1. The number of thiophene rings is 1. The van der Waals surface area contributed by atoms with Gasteiger partial charge in [0, 0.05) is 5.69 Å². The van der Waals surface area contributed by atoms with Crippen LogP contribution >= 0.6 is 11.3 Å². The topological polar surface area (TPSA) is 66.5 Å². The third kappa shape index (κ3) is 4.57. The number of carbonyl (C=O) groups is 1. The fourth-order valence-corrected chi connectivity index (χ4v) is 4.45. The van der Waals surface area contributed by atoms with Crippen LogP contribution in [0.2, 0.25) is 0 Å². The van der Waals surface area contributed by atoms with Gasteiger partial charge in [0.2, 0.25) is 5.91 Å². The monoisotopic (exact) mass is 386 g/mol. The molecule has 0 saturated carbocycles. The molecule has 1 amide bonds. The lowest BCUT2D eigenvalue weighted by Crippen LogP contribution is -2.39. The summed E-state index contributed by atoms with van der Waals surface area (Å²) < 4.78 is 27.1. The van der Waals surface area contributed by atoms with Crippen molar-refractivity contribution in [3.63, 3.8) is 0 Å². The molecule has 1 heterocycles. The minimum atomic E-state index is -3.68. The highest BCUT2D eigenvalue weighted by atomic mass is 32.2. The van der Waals surface area contributed by atoms with Crippen molar-refractivity contribution in [1.29, 1.82) is 0 Å². The average Bonchev–Trinajstić information content (AvgIpc) is 3.22. The van der Waals surface area contributed by atoms with Crippen LogP contribution in [0.1, 0.15) is 5.56 Å². The Morgan fingerprint density at radius 1 is 0.923 bits per heavy atom. The van der Waals surface area contributed by atoms with Crippen LogP contribution < -0.4 is 9.62 Å². The molecule has 0 radical (unpaired) electrons. The Kier molecular flexibility index (Phi) is 5.82. The van der Waals surface area contributed by atoms with Gasteiger partial charge in [-0.15, -0.1) is 11.3 Å². The molecule has 0 aliphatic heterocycles. The third-order valence-electron chi connectivity index (χ3n) is 3.73. The van der Waals surface area contributed by atoms with Crippen LogP contribution in [0.25, 0.3) is 0 Å². The minimum absolute atomic E-state index is 0.194. The van der Waals surface area contributed by atoms with Gasteiger partial charge in [-0.2, -0.15) is 0 Å². The Balaban J connectivity index is 1.77. The molecule has 1 N–H and O–H groups in total. The highest BCUT2D eigenvalue weighted by molar-refractivity contribution is 7.91. The summed E-state index contributed by atoms with van der Waals surface area (Å²) in [5.41, 5.74) is 1.68. The van der Waals surface area contributed by atoms with E-state index in [4.69, 9.17) is 0 Å². The summed E-state index contributed by atoms with van der Waals surface area (Å²) >= 11 is 1.11. The van der Waals surface area contributed by atoms with Gasteiger partial charge in [-0.05, 0) is 29.1 Å². The number of para-hydroxylation sites is 1. The standard InChI is InChI=1S/C19H18N2O3S2/c22-18(14-20-26(23,24)19-12-7-13-25-19)21(17-10-5-2-6-11-17)15-16-8-3-1-4-9-16/h1-13,20H,14-15H2. The molecule has 26 heavy (non-hydrogen) atoms. The van der Waals surface area contributed by atoms with Crippen molar-refractivity contribution < 1.29 is 13.2 Å². The highest BCUT2D eigenvalue weighted by Crippen LogP contribution is 2.18. The Labute approximate surface area is 157 Å². The number of benzene rings is 2. The third-order valence-corrected chi connectivity index (χ3v) is 6.52. The smallest absolute Gasteiger partial charge is 0.250 e. The first-order chi connectivity index (χ1) is 12.6. The molecule has 0 atom stereocenters. The van der Waals surface area contributed by atoms with Crippen molar-refractivity contribution in [2.45, 2.75) is 10.8 Å². The molecule has 0 aliphatic carbocycles. The summed E-state index contributed by atoms with van der Waals surface area (Å²) in [5, 5.41) is 1.68. The van der Waals surface area contributed by atoms with Gasteiger partial charge >= 0.3 is 0 Å². The van der Waals surface area contributed by atoms with Crippen LogP contribution in [0, 0.1) is 0 Å². The van der Waals surface area contributed by atoms with Crippen LogP contribution in [-0.4, -0.2) is 20.9 Å². The maximum Gasteiger partial charge on any atom is 0.250 e. The molecule has 0 saturated heterocycles. The number of amides is 1. The molecular weight excluding hydrogens is 368 g/mol. The van der Waals surface area contributed by atoms with E-state index in [0.717, 1.165) is 22.6 Å². The molecule has 1 aromatic heterocycles. The van der Waals surface area contributed by atoms with Gasteiger partial charge in [-0.1, -0.05) is 54.6 Å². The molecule has 0 unspecified atom stereocenters. The summed E-state index contributed by atoms with van der Waals surface area (Å²) in [6, 6.07) is 22.0. The fraction of sp³-hybridized carbons (Fsp3) is 0.105. The zero-order valence-electron chi connectivity index (χ0n) is 13.9. The van der Waals surface area contributed by atoms with Crippen LogP contribution in [-0.2, 0) is 21.4 Å². The van der Waals surface area contributed by atoms with Crippen LogP contribution in [0.4, 0.5) is 5.69 Å². The lowest BCUT2D eigenvalue weighted by molar-refractivity contribution is -0.117. The normalized spacial score (nSPS) is 11.2. The van der Waals surface area contributed by atoms with Crippen molar-refractivity contribution in [2.75, 3.05) is 11.4 Å². The van der Waals surface area contributed by atoms with Gasteiger partial charge in [-0.25, -0.2) is 13.1 Å². The largest absolute Gasteiger partial charge is 0.307 e. The quantitative estimate of drug-likeness (QED) is 0.678. The number of rotatable bonds is 7. The van der Waals surface area contributed by atoms with Gasteiger partial charge in [0.15, 0.2) is 0 Å². The van der Waals surface area contributed by atoms with E-state index in [-0.39, 0.29) is 16.7 Å². The summed E-state index contributed by atoms with van der Waals surface area (Å²) in [4.78, 5) is 14.3. The Hall–Kier alpha value is -2.48. The first kappa shape index (κ1) is 18.3. The number of anilines is 1. The van der Waals surface area contributed by atoms with Crippen LogP contribution in [0.15, 0.2) is 82.4 Å². The number of sulfonamides is 1. The van der Waals surface area contributed by atoms with E-state index in [0.29, 0.717) is 6.54 Å². The van der Waals surface area contributed by atoms with Crippen molar-refractivity contribution in [2.24, 2.45) is 0 Å². The van der Waals surface area contributed by atoms with E-state index in [2.05, 4.69) is 4.72 Å². The molecule has 0 bridgehead atoms. The molecule has 2 aromatic carbocycles. The maximum atomic E-state index is 12.8. The zero-order valence-corrected chi connectivity index (χ0v) is 15.5. The van der Waals surface area contributed by atoms with E-state index in [1.165, 1.54) is 6.07 Å². The molecule has 0 aliphatic rings. The van der Waals surface area contributed by atoms with Gasteiger partial charge in [0.25, 0.3) is 10.0 Å². The summed E-state index contributed by atoms with van der Waals surface area (Å²) in [7, 11) is -3.68. The molecular formula is C19H18N2O3S2. The molecule has 0 spiro atoms. The van der Waals surface area contributed by atoms with E-state index >= 15 is 0 Å². The second-order valence-corrected chi connectivity index (χ2v) is 8.50. The van der Waals surface area contributed by atoms with E-state index in [1.54, 1.807) is 16.3 Å². The minimum Gasteiger partial charge on any atom is -0.307 e. The van der Waals surface area contributed by atoms with Crippen molar-refractivity contribution >= 4 is 33.0 Å². The molecule has 7 heteroatoms. The molecule has 134 valence electrons. The van der Waals surface area contributed by atoms with Gasteiger partial charge in [-0.3, -0.25) is 4.79 Å². The zero-order chi connectivity index (χ0) is 18.4. The molecule has 3 rings (SSSR count). The van der Waals surface area contributed by atoms with E-state index in [1.807, 2.05) is 60.7 Å². The molecule has 0 fully saturated rings. The van der Waals surface area contributed by atoms with Crippen molar-refractivity contribution in [1.82, 2.24) is 4.72 Å². The maximum absolute atomic E-state index is 12.8. The van der Waals surface area contributed by atoms with Gasteiger partial charge in [0.05, 0.1) is 13.1 Å². The predicted octanol–water partition coefficient (Wildman–Crippen LogP) is 3.26. The Morgan fingerprint density at radius 3 is 2.19 bits per heavy atom. The Morgan fingerprint density at radius 2 is 1.58 bits per heavy atom. The average molecular weight is 386 g/mol. The number of nitrogens with one attached hydrogen (secondary N) is 1. The van der Waals surface area contributed by atoms with Crippen LogP contribution in [0.3, 0.4) is 0 Å². The SMILES string of the molecule is O=C(CNS(=O)(=O)c1cccs1)N(Cc1ccccc1)c1ccccc1. The summed E-state index contributed by atoms with van der Waals surface area (Å²) in [6.07, 6.45) is 0. The number of nitrogens with zero attached hydrogens (tertiary/aromatic N) is 1. The van der Waals surface area contributed by atoms with Crippen molar-refractivity contribution in [3.05, 3.63) is 83.7 Å². The fourth-order valence-electron chi connectivity index (χ4n) is 2.44. The second kappa shape index (κ2) is 8.27. The predicted molar refractivity (Wildman–Crippen MR) is 104 cm³/mol. The van der Waals surface area contributed by atoms with Gasteiger partial charge in [0.1, 0.15) is 4.21 Å². The molecule has 3 aromatic rings. The summed E-state index contributed by atoms with van der Waals surface area (Å²) in [6.45, 7) is 0.0619. The highest BCUT2D eigenvalue weighted by Gasteiger charge is 2.21. The van der Waals surface area contributed by atoms with E-state index in [9.17, 15) is 13.2 Å². The Bertz CT molecular complexity index is 941. The van der Waals surface area contributed by atoms with E-state index < -0.39 is 10.0 Å².